The summed E-state index contributed by atoms with van der Waals surface area (Å²) in [6.07, 6.45) is 3.27. The van der Waals surface area contributed by atoms with E-state index < -0.39 is 0 Å². The molecule has 2 heterocycles. The molecule has 4 nitrogen and oxygen atoms in total. The Morgan fingerprint density at radius 3 is 2.91 bits per heavy atom. The number of benzene rings is 1. The minimum atomic E-state index is -0.332. The van der Waals surface area contributed by atoms with E-state index in [0.29, 0.717) is 12.2 Å². The second-order valence-corrected chi connectivity index (χ2v) is 5.80. The predicted molar refractivity (Wildman–Crippen MR) is 88.5 cm³/mol. The maximum absolute atomic E-state index is 11.8. The Labute approximate surface area is 138 Å². The molecule has 3 rings (SSSR count). The molecule has 0 unspecified atom stereocenters. The molecule has 0 bridgehead atoms. The highest BCUT2D eigenvalue weighted by molar-refractivity contribution is 7.99. The topological polar surface area (TPSA) is 52.3 Å². The minimum absolute atomic E-state index is 0.332. The number of nitrogens with zero attached hydrogens (tertiary/aromatic N) is 1. The van der Waals surface area contributed by atoms with Crippen LogP contribution in [0.15, 0.2) is 75.3 Å². The lowest BCUT2D eigenvalue weighted by Gasteiger charge is -2.05. The number of pyridine rings is 1. The molecule has 0 saturated carbocycles. The van der Waals surface area contributed by atoms with Crippen LogP contribution in [0.25, 0.3) is 11.3 Å². The van der Waals surface area contributed by atoms with E-state index in [4.69, 9.17) is 9.15 Å². The smallest absolute Gasteiger partial charge is 0.338 e. The number of rotatable bonds is 5. The zero-order valence-corrected chi connectivity index (χ0v) is 13.4. The fourth-order valence-corrected chi connectivity index (χ4v) is 2.96. The van der Waals surface area contributed by atoms with Gasteiger partial charge in [0.1, 0.15) is 10.8 Å². The summed E-state index contributed by atoms with van der Waals surface area (Å²) in [5.74, 6) is 0.488. The normalized spacial score (nSPS) is 10.5. The molecule has 0 aliphatic rings. The zero-order chi connectivity index (χ0) is 16.1. The van der Waals surface area contributed by atoms with Crippen molar-refractivity contribution in [3.63, 3.8) is 0 Å². The van der Waals surface area contributed by atoms with Gasteiger partial charge in [0.05, 0.1) is 18.4 Å². The average molecular weight is 325 g/mol. The van der Waals surface area contributed by atoms with E-state index in [1.54, 1.807) is 31.5 Å². The Morgan fingerprint density at radius 2 is 2.13 bits per heavy atom. The number of esters is 1. The van der Waals surface area contributed by atoms with Gasteiger partial charge in [0, 0.05) is 16.7 Å². The number of hydrogen-bond acceptors (Lipinski definition) is 5. The molecule has 0 saturated heterocycles. The van der Waals surface area contributed by atoms with E-state index in [0.717, 1.165) is 21.2 Å². The molecule has 0 amide bonds. The number of aromatic nitrogens is 1. The summed E-state index contributed by atoms with van der Waals surface area (Å²) in [7, 11) is 0. The van der Waals surface area contributed by atoms with Gasteiger partial charge in [-0.25, -0.2) is 9.78 Å². The Balaban J connectivity index is 1.81. The summed E-state index contributed by atoms with van der Waals surface area (Å²) in [6, 6.07) is 15.2. The Hall–Kier alpha value is -2.53. The molecule has 0 N–H and O–H groups in total. The third-order valence-electron chi connectivity index (χ3n) is 3.11. The van der Waals surface area contributed by atoms with E-state index in [2.05, 4.69) is 4.98 Å². The van der Waals surface area contributed by atoms with Gasteiger partial charge in [0.15, 0.2) is 0 Å². The molecular formula is C18H15NO3S. The van der Waals surface area contributed by atoms with Crippen molar-refractivity contribution in [3.8, 4) is 11.3 Å². The Bertz CT molecular complexity index is 800. The van der Waals surface area contributed by atoms with Crippen molar-refractivity contribution in [1.29, 1.82) is 0 Å². The van der Waals surface area contributed by atoms with Crippen LogP contribution in [-0.2, 0) is 4.74 Å². The molecule has 0 fully saturated rings. The van der Waals surface area contributed by atoms with Crippen LogP contribution >= 0.6 is 11.8 Å². The van der Waals surface area contributed by atoms with E-state index in [1.165, 1.54) is 11.8 Å². The standard InChI is InChI=1S/C18H15NO3S/c1-2-21-18(20)14-8-9-19-17(12-14)23-15-6-3-5-13(11-15)16-7-4-10-22-16/h3-12H,2H2,1H3. The van der Waals surface area contributed by atoms with Crippen LogP contribution in [0.1, 0.15) is 17.3 Å². The fourth-order valence-electron chi connectivity index (χ4n) is 2.08. The van der Waals surface area contributed by atoms with Crippen molar-refractivity contribution in [3.05, 3.63) is 66.6 Å². The third-order valence-corrected chi connectivity index (χ3v) is 4.03. The van der Waals surface area contributed by atoms with Gasteiger partial charge in [0.2, 0.25) is 0 Å². The van der Waals surface area contributed by atoms with E-state index in [9.17, 15) is 4.79 Å². The number of furan rings is 1. The lowest BCUT2D eigenvalue weighted by molar-refractivity contribution is 0.0526. The van der Waals surface area contributed by atoms with Crippen molar-refractivity contribution in [2.75, 3.05) is 6.61 Å². The highest BCUT2D eigenvalue weighted by Crippen LogP contribution is 2.30. The first-order chi connectivity index (χ1) is 11.3. The lowest BCUT2D eigenvalue weighted by Crippen LogP contribution is -2.04. The maximum Gasteiger partial charge on any atom is 0.338 e. The van der Waals surface area contributed by atoms with Gasteiger partial charge < -0.3 is 9.15 Å². The monoisotopic (exact) mass is 325 g/mol. The summed E-state index contributed by atoms with van der Waals surface area (Å²) in [5.41, 5.74) is 1.51. The van der Waals surface area contributed by atoms with E-state index >= 15 is 0 Å². The molecule has 2 aromatic heterocycles. The van der Waals surface area contributed by atoms with Crippen LogP contribution in [0.4, 0.5) is 0 Å². The molecular weight excluding hydrogens is 310 g/mol. The highest BCUT2D eigenvalue weighted by atomic mass is 32.2. The Kier molecular flexibility index (Phi) is 4.78. The highest BCUT2D eigenvalue weighted by Gasteiger charge is 2.09. The van der Waals surface area contributed by atoms with Crippen molar-refractivity contribution >= 4 is 17.7 Å². The molecule has 23 heavy (non-hydrogen) atoms. The number of ether oxygens (including phenoxy) is 1. The summed E-state index contributed by atoms with van der Waals surface area (Å²) in [4.78, 5) is 17.1. The number of hydrogen-bond donors (Lipinski definition) is 0. The van der Waals surface area contributed by atoms with E-state index in [-0.39, 0.29) is 5.97 Å². The first-order valence-electron chi connectivity index (χ1n) is 7.21. The van der Waals surface area contributed by atoms with Gasteiger partial charge in [-0.1, -0.05) is 23.9 Å². The Morgan fingerprint density at radius 1 is 1.22 bits per heavy atom. The predicted octanol–water partition coefficient (Wildman–Crippen LogP) is 4.67. The van der Waals surface area contributed by atoms with Gasteiger partial charge >= 0.3 is 5.97 Å². The molecule has 3 aromatic rings. The molecule has 0 spiro atoms. The van der Waals surface area contributed by atoms with Gasteiger partial charge in [-0.15, -0.1) is 0 Å². The summed E-state index contributed by atoms with van der Waals surface area (Å²) in [6.45, 7) is 2.14. The molecule has 5 heteroatoms. The minimum Gasteiger partial charge on any atom is -0.464 e. The van der Waals surface area contributed by atoms with Crippen LogP contribution < -0.4 is 0 Å². The lowest BCUT2D eigenvalue weighted by atomic mass is 10.2. The van der Waals surface area contributed by atoms with Crippen molar-refractivity contribution in [2.45, 2.75) is 16.8 Å². The summed E-state index contributed by atoms with van der Waals surface area (Å²) < 4.78 is 10.4. The van der Waals surface area contributed by atoms with Crippen LogP contribution in [0, 0.1) is 0 Å². The van der Waals surface area contributed by atoms with E-state index in [1.807, 2.05) is 36.4 Å². The summed E-state index contributed by atoms with van der Waals surface area (Å²) >= 11 is 1.49. The van der Waals surface area contributed by atoms with Crippen molar-refractivity contribution in [2.24, 2.45) is 0 Å². The fraction of sp³-hybridized carbons (Fsp3) is 0.111. The molecule has 0 aliphatic heterocycles. The van der Waals surface area contributed by atoms with Crippen LogP contribution in [0.2, 0.25) is 0 Å². The molecule has 0 radical (unpaired) electrons. The third kappa shape index (κ3) is 3.81. The van der Waals surface area contributed by atoms with Gasteiger partial charge in [-0.05, 0) is 43.3 Å². The van der Waals surface area contributed by atoms with Gasteiger partial charge in [0.25, 0.3) is 0 Å². The molecule has 0 atom stereocenters. The van der Waals surface area contributed by atoms with Crippen molar-refractivity contribution < 1.29 is 13.9 Å². The second-order valence-electron chi connectivity index (χ2n) is 4.71. The van der Waals surface area contributed by atoms with Gasteiger partial charge in [-0.2, -0.15) is 0 Å². The molecule has 116 valence electrons. The van der Waals surface area contributed by atoms with Crippen LogP contribution in [0.5, 0.6) is 0 Å². The molecule has 0 aliphatic carbocycles. The first kappa shape index (κ1) is 15.4. The van der Waals surface area contributed by atoms with Crippen LogP contribution in [0.3, 0.4) is 0 Å². The average Bonchev–Trinajstić information content (AvgIpc) is 3.10. The number of carbonyl (C=O) groups is 1. The SMILES string of the molecule is CCOC(=O)c1ccnc(Sc2cccc(-c3ccco3)c2)c1. The number of carbonyl (C=O) groups excluding carboxylic acids is 1. The van der Waals surface area contributed by atoms with Crippen molar-refractivity contribution in [1.82, 2.24) is 4.98 Å². The zero-order valence-electron chi connectivity index (χ0n) is 12.6. The second kappa shape index (κ2) is 7.15. The maximum atomic E-state index is 11.8. The van der Waals surface area contributed by atoms with Gasteiger partial charge in [-0.3, -0.25) is 0 Å². The first-order valence-corrected chi connectivity index (χ1v) is 8.03. The van der Waals surface area contributed by atoms with Crippen LogP contribution in [-0.4, -0.2) is 17.6 Å². The largest absolute Gasteiger partial charge is 0.464 e. The molecule has 1 aromatic carbocycles. The quantitative estimate of drug-likeness (QED) is 0.638. The summed E-state index contributed by atoms with van der Waals surface area (Å²) in [5, 5.41) is 0.743.